The molecule has 0 unspecified atom stereocenters. The number of aromatic carboxylic acids is 1. The smallest absolute Gasteiger partial charge is 0.335 e. The van der Waals surface area contributed by atoms with Crippen LogP contribution >= 0.6 is 11.6 Å². The molecule has 0 bridgehead atoms. The molecule has 2 rings (SSSR count). The van der Waals surface area contributed by atoms with E-state index in [1.807, 2.05) is 0 Å². The van der Waals surface area contributed by atoms with Gasteiger partial charge in [-0.05, 0) is 42.0 Å². The van der Waals surface area contributed by atoms with Crippen molar-refractivity contribution in [2.75, 3.05) is 0 Å². The van der Waals surface area contributed by atoms with Crippen molar-refractivity contribution < 1.29 is 22.7 Å². The summed E-state index contributed by atoms with van der Waals surface area (Å²) in [5.74, 6) is -2.08. The minimum absolute atomic E-state index is 0.00577. The number of sulfone groups is 1. The molecule has 2 aromatic carbocycles. The van der Waals surface area contributed by atoms with Crippen LogP contribution in [0.2, 0.25) is 5.02 Å². The molecule has 21 heavy (non-hydrogen) atoms. The van der Waals surface area contributed by atoms with Crippen LogP contribution in [0.25, 0.3) is 0 Å². The number of carboxylic acid groups (broad SMARTS) is 1. The van der Waals surface area contributed by atoms with Gasteiger partial charge in [-0.25, -0.2) is 17.6 Å². The predicted molar refractivity (Wildman–Crippen MR) is 75.7 cm³/mol. The van der Waals surface area contributed by atoms with E-state index in [0.29, 0.717) is 0 Å². The SMILES string of the molecule is O=C(O)c1ccc(S(=O)(=O)Cc2ccc(F)cc2Cl)cc1. The summed E-state index contributed by atoms with van der Waals surface area (Å²) in [6.45, 7) is 0. The molecule has 110 valence electrons. The summed E-state index contributed by atoms with van der Waals surface area (Å²) in [6, 6.07) is 8.33. The Kier molecular flexibility index (Phi) is 4.29. The Morgan fingerprint density at radius 1 is 1.14 bits per heavy atom. The first-order valence-electron chi connectivity index (χ1n) is 5.79. The third kappa shape index (κ3) is 3.59. The number of benzene rings is 2. The molecular formula is C14H10ClFO4S. The van der Waals surface area contributed by atoms with Gasteiger partial charge in [0.2, 0.25) is 0 Å². The molecule has 0 amide bonds. The molecule has 0 heterocycles. The normalized spacial score (nSPS) is 11.3. The van der Waals surface area contributed by atoms with Crippen LogP contribution in [-0.2, 0) is 15.6 Å². The highest BCUT2D eigenvalue weighted by Gasteiger charge is 2.18. The summed E-state index contributed by atoms with van der Waals surface area (Å²) in [5.41, 5.74) is 0.272. The Bertz CT molecular complexity index is 785. The number of rotatable bonds is 4. The van der Waals surface area contributed by atoms with Crippen molar-refractivity contribution in [2.24, 2.45) is 0 Å². The van der Waals surface area contributed by atoms with Gasteiger partial charge >= 0.3 is 5.97 Å². The first kappa shape index (κ1) is 15.5. The lowest BCUT2D eigenvalue weighted by Gasteiger charge is -2.07. The number of carbonyl (C=O) groups is 1. The fourth-order valence-electron chi connectivity index (χ4n) is 1.73. The summed E-state index contributed by atoms with van der Waals surface area (Å²) in [4.78, 5) is 10.7. The van der Waals surface area contributed by atoms with E-state index in [4.69, 9.17) is 16.7 Å². The second-order valence-electron chi connectivity index (χ2n) is 4.32. The molecule has 0 aliphatic carbocycles. The highest BCUT2D eigenvalue weighted by atomic mass is 35.5. The van der Waals surface area contributed by atoms with Crippen molar-refractivity contribution in [2.45, 2.75) is 10.6 Å². The molecule has 0 saturated heterocycles. The molecule has 0 spiro atoms. The van der Waals surface area contributed by atoms with E-state index in [9.17, 15) is 17.6 Å². The number of hydrogen-bond donors (Lipinski definition) is 1. The third-order valence-corrected chi connectivity index (χ3v) is 4.85. The van der Waals surface area contributed by atoms with Gasteiger partial charge in [0.05, 0.1) is 16.2 Å². The predicted octanol–water partition coefficient (Wildman–Crippen LogP) is 3.15. The van der Waals surface area contributed by atoms with Crippen LogP contribution in [-0.4, -0.2) is 19.5 Å². The Balaban J connectivity index is 2.31. The van der Waals surface area contributed by atoms with Crippen molar-refractivity contribution in [3.8, 4) is 0 Å². The monoisotopic (exact) mass is 328 g/mol. The topological polar surface area (TPSA) is 71.4 Å². The molecule has 0 aromatic heterocycles. The van der Waals surface area contributed by atoms with Gasteiger partial charge in [0.15, 0.2) is 9.84 Å². The molecular weight excluding hydrogens is 319 g/mol. The van der Waals surface area contributed by atoms with Gasteiger partial charge < -0.3 is 5.11 Å². The van der Waals surface area contributed by atoms with Crippen LogP contribution in [0, 0.1) is 5.82 Å². The minimum atomic E-state index is -3.69. The maximum atomic E-state index is 12.9. The van der Waals surface area contributed by atoms with E-state index >= 15 is 0 Å². The highest BCUT2D eigenvalue weighted by molar-refractivity contribution is 7.90. The Labute approximate surface area is 125 Å². The maximum absolute atomic E-state index is 12.9. The number of halogens is 2. The molecule has 1 N–H and O–H groups in total. The zero-order chi connectivity index (χ0) is 15.6. The first-order chi connectivity index (χ1) is 9.79. The summed E-state index contributed by atoms with van der Waals surface area (Å²) in [5, 5.41) is 8.80. The largest absolute Gasteiger partial charge is 0.478 e. The average molecular weight is 329 g/mol. The maximum Gasteiger partial charge on any atom is 0.335 e. The van der Waals surface area contributed by atoms with Gasteiger partial charge in [-0.3, -0.25) is 0 Å². The van der Waals surface area contributed by atoms with Gasteiger partial charge in [0.1, 0.15) is 5.82 Å². The van der Waals surface area contributed by atoms with Crippen molar-refractivity contribution >= 4 is 27.4 Å². The molecule has 0 atom stereocenters. The standard InChI is InChI=1S/C14H10ClFO4S/c15-13-7-11(16)4-1-10(13)8-21(19,20)12-5-2-9(3-6-12)14(17)18/h1-7H,8H2,(H,17,18). The molecule has 0 saturated carbocycles. The Hall–Kier alpha value is -1.92. The summed E-state index contributed by atoms with van der Waals surface area (Å²) in [6.07, 6.45) is 0. The van der Waals surface area contributed by atoms with E-state index in [-0.39, 0.29) is 21.0 Å². The molecule has 0 radical (unpaired) electrons. The van der Waals surface area contributed by atoms with Gasteiger partial charge in [-0.2, -0.15) is 0 Å². The van der Waals surface area contributed by atoms with E-state index in [1.54, 1.807) is 0 Å². The van der Waals surface area contributed by atoms with Crippen molar-refractivity contribution in [1.82, 2.24) is 0 Å². The second-order valence-corrected chi connectivity index (χ2v) is 6.72. The number of carboxylic acids is 1. The highest BCUT2D eigenvalue weighted by Crippen LogP contribution is 2.23. The van der Waals surface area contributed by atoms with E-state index in [2.05, 4.69) is 0 Å². The third-order valence-electron chi connectivity index (χ3n) is 2.82. The Morgan fingerprint density at radius 2 is 1.76 bits per heavy atom. The minimum Gasteiger partial charge on any atom is -0.478 e. The van der Waals surface area contributed by atoms with Crippen molar-refractivity contribution in [1.29, 1.82) is 0 Å². The zero-order valence-electron chi connectivity index (χ0n) is 10.6. The van der Waals surface area contributed by atoms with Crippen LogP contribution in [0.3, 0.4) is 0 Å². The summed E-state index contributed by atoms with van der Waals surface area (Å²) < 4.78 is 37.4. The van der Waals surface area contributed by atoms with Crippen LogP contribution in [0.5, 0.6) is 0 Å². The van der Waals surface area contributed by atoms with E-state index < -0.39 is 27.4 Å². The van der Waals surface area contributed by atoms with Crippen LogP contribution in [0.1, 0.15) is 15.9 Å². The van der Waals surface area contributed by atoms with Gasteiger partial charge in [-0.1, -0.05) is 17.7 Å². The fourth-order valence-corrected chi connectivity index (χ4v) is 3.42. The first-order valence-corrected chi connectivity index (χ1v) is 7.83. The van der Waals surface area contributed by atoms with Crippen molar-refractivity contribution in [3.05, 3.63) is 64.4 Å². The quantitative estimate of drug-likeness (QED) is 0.935. The van der Waals surface area contributed by atoms with Crippen molar-refractivity contribution in [3.63, 3.8) is 0 Å². The molecule has 4 nitrogen and oxygen atoms in total. The van der Waals surface area contributed by atoms with E-state index in [1.165, 1.54) is 30.3 Å². The van der Waals surface area contributed by atoms with E-state index in [0.717, 1.165) is 12.1 Å². The lowest BCUT2D eigenvalue weighted by molar-refractivity contribution is 0.0696. The lowest BCUT2D eigenvalue weighted by Crippen LogP contribution is -2.06. The summed E-state index contributed by atoms with van der Waals surface area (Å²) >= 11 is 5.81. The zero-order valence-corrected chi connectivity index (χ0v) is 12.2. The lowest BCUT2D eigenvalue weighted by atomic mass is 10.2. The van der Waals surface area contributed by atoms with Gasteiger partial charge in [-0.15, -0.1) is 0 Å². The second kappa shape index (κ2) is 5.83. The Morgan fingerprint density at radius 3 is 2.29 bits per heavy atom. The summed E-state index contributed by atoms with van der Waals surface area (Å²) in [7, 11) is -3.69. The van der Waals surface area contributed by atoms with Crippen LogP contribution < -0.4 is 0 Å². The fraction of sp³-hybridized carbons (Fsp3) is 0.0714. The molecule has 0 aliphatic rings. The van der Waals surface area contributed by atoms with Crippen LogP contribution in [0.15, 0.2) is 47.4 Å². The molecule has 0 aliphatic heterocycles. The average Bonchev–Trinajstić information content (AvgIpc) is 2.42. The van der Waals surface area contributed by atoms with Gasteiger partial charge in [0.25, 0.3) is 0 Å². The van der Waals surface area contributed by atoms with Crippen LogP contribution in [0.4, 0.5) is 4.39 Å². The van der Waals surface area contributed by atoms with Gasteiger partial charge in [0, 0.05) is 5.02 Å². The molecule has 7 heteroatoms. The number of hydrogen-bond acceptors (Lipinski definition) is 3. The molecule has 0 fully saturated rings. The molecule has 2 aromatic rings.